The summed E-state index contributed by atoms with van der Waals surface area (Å²) < 4.78 is 26.1. The molecule has 372 valence electrons. The van der Waals surface area contributed by atoms with Crippen LogP contribution in [0.3, 0.4) is 0 Å². The molecule has 4 aliphatic carbocycles. The number of carbonyl (C=O) groups is 2. The Balaban J connectivity index is 0.818. The Bertz CT molecular complexity index is 1890. The third-order valence-electron chi connectivity index (χ3n) is 17.1. The number of anilines is 1. The Morgan fingerprint density at radius 1 is 0.894 bits per heavy atom. The second-order valence-corrected chi connectivity index (χ2v) is 23.5. The zero-order chi connectivity index (χ0) is 47.0. The lowest BCUT2D eigenvalue weighted by Crippen LogP contribution is -2.54. The van der Waals surface area contributed by atoms with Gasteiger partial charge >= 0.3 is 5.97 Å². The fourth-order valence-electron chi connectivity index (χ4n) is 13.4. The molecule has 14 heteroatoms. The molecule has 4 fully saturated rings. The second-order valence-electron chi connectivity index (χ2n) is 21.5. The number of rotatable bonds is 29. The van der Waals surface area contributed by atoms with E-state index in [1.165, 1.54) is 122 Å². The number of nitrogens with two attached hydrogens (primary N) is 1. The van der Waals surface area contributed by atoms with Crippen molar-refractivity contribution in [3.05, 3.63) is 24.8 Å². The molecule has 0 aliphatic heterocycles. The summed E-state index contributed by atoms with van der Waals surface area (Å²) in [4.78, 5) is 48.6. The molecule has 1 amide bonds. The van der Waals surface area contributed by atoms with E-state index >= 15 is 0 Å². The summed E-state index contributed by atoms with van der Waals surface area (Å²) in [6.07, 6.45) is 36.7. The van der Waals surface area contributed by atoms with Crippen molar-refractivity contribution in [2.24, 2.45) is 46.3 Å². The molecule has 5 N–H and O–H groups in total. The van der Waals surface area contributed by atoms with Crippen molar-refractivity contribution < 1.29 is 28.5 Å². The highest BCUT2D eigenvalue weighted by Crippen LogP contribution is 2.68. The van der Waals surface area contributed by atoms with Gasteiger partial charge in [-0.1, -0.05) is 91.2 Å². The molecule has 0 radical (unpaired) electrons. The molecule has 2 heterocycles. The number of fused-ring (bicyclic) bond motifs is 6. The van der Waals surface area contributed by atoms with E-state index in [1.54, 1.807) is 10.9 Å². The fraction of sp³-hybridized carbons (Fsp3) is 0.827. The molecule has 13 nitrogen and oxygen atoms in total. The summed E-state index contributed by atoms with van der Waals surface area (Å²) in [5.74, 6) is 4.33. The summed E-state index contributed by atoms with van der Waals surface area (Å²) in [7, 11) is -3.74. The first kappa shape index (κ1) is 52.5. The number of carbonyl (C=O) groups excluding carboxylic acids is 2. The average Bonchev–Trinajstić information content (AvgIpc) is 3.88. The zero-order valence-electron chi connectivity index (χ0n) is 41.4. The highest BCUT2D eigenvalue weighted by molar-refractivity contribution is 7.55. The first-order chi connectivity index (χ1) is 31.8. The lowest BCUT2D eigenvalue weighted by atomic mass is 9.44. The monoisotopic (exact) mass is 938 g/mol. The van der Waals surface area contributed by atoms with Crippen LogP contribution in [0.4, 0.5) is 5.82 Å². The van der Waals surface area contributed by atoms with E-state index in [2.05, 4.69) is 65.2 Å². The number of nitrogen functional groups attached to an aromatic ring is 1. The Labute approximate surface area is 397 Å². The van der Waals surface area contributed by atoms with Crippen molar-refractivity contribution in [1.82, 2.24) is 29.9 Å². The van der Waals surface area contributed by atoms with Crippen LogP contribution in [0.1, 0.15) is 188 Å². The van der Waals surface area contributed by atoms with E-state index in [0.717, 1.165) is 49.9 Å². The van der Waals surface area contributed by atoms with Crippen LogP contribution in [0, 0.1) is 46.3 Å². The van der Waals surface area contributed by atoms with Crippen LogP contribution >= 0.6 is 7.52 Å². The van der Waals surface area contributed by atoms with Crippen LogP contribution in [-0.4, -0.2) is 68.4 Å². The molecule has 0 bridgehead atoms. The van der Waals surface area contributed by atoms with E-state index in [9.17, 15) is 19.0 Å². The minimum Gasteiger partial charge on any atom is -0.462 e. The molecular weight excluding hydrogens is 850 g/mol. The van der Waals surface area contributed by atoms with E-state index in [4.69, 9.17) is 15.2 Å². The smallest absolute Gasteiger partial charge is 0.306 e. The molecule has 4 saturated carbocycles. The van der Waals surface area contributed by atoms with Gasteiger partial charge in [0.25, 0.3) is 7.52 Å². The molecule has 10 atom stereocenters. The van der Waals surface area contributed by atoms with E-state index < -0.39 is 7.52 Å². The number of unbranched alkanes of at least 4 members (excludes halogenated alkanes) is 11. The number of nitrogens with zero attached hydrogens (tertiary/aromatic N) is 4. The maximum Gasteiger partial charge on any atom is 0.306 e. The lowest BCUT2D eigenvalue weighted by Gasteiger charge is -2.61. The summed E-state index contributed by atoms with van der Waals surface area (Å²) in [5.41, 5.74) is 7.59. The van der Waals surface area contributed by atoms with Crippen LogP contribution < -0.4 is 16.1 Å². The number of hydrogen-bond donors (Lipinski definition) is 4. The second kappa shape index (κ2) is 25.7. The Morgan fingerprint density at radius 2 is 1.61 bits per heavy atom. The minimum atomic E-state index is -3.74. The first-order valence-corrected chi connectivity index (χ1v) is 28.4. The molecule has 2 aromatic heterocycles. The van der Waals surface area contributed by atoms with Gasteiger partial charge in [-0.05, 0) is 143 Å². The largest absolute Gasteiger partial charge is 0.462 e. The Morgan fingerprint density at radius 3 is 2.38 bits per heavy atom. The quantitative estimate of drug-likeness (QED) is 0.0263. The van der Waals surface area contributed by atoms with Crippen molar-refractivity contribution in [2.45, 2.75) is 201 Å². The fourth-order valence-corrected chi connectivity index (χ4v) is 14.4. The summed E-state index contributed by atoms with van der Waals surface area (Å²) >= 11 is 0. The van der Waals surface area contributed by atoms with Crippen molar-refractivity contribution in [3.8, 4) is 0 Å². The highest BCUT2D eigenvalue weighted by Gasteiger charge is 2.60. The van der Waals surface area contributed by atoms with Crippen molar-refractivity contribution in [1.29, 1.82) is 0 Å². The summed E-state index contributed by atoms with van der Waals surface area (Å²) in [6.45, 7) is 10.8. The third-order valence-corrected chi connectivity index (χ3v) is 18.4. The predicted molar refractivity (Wildman–Crippen MR) is 264 cm³/mol. The van der Waals surface area contributed by atoms with Gasteiger partial charge in [0.15, 0.2) is 11.5 Å². The number of esters is 1. The molecule has 0 aromatic carbocycles. The molecule has 0 spiro atoms. The third kappa shape index (κ3) is 14.3. The van der Waals surface area contributed by atoms with Gasteiger partial charge in [-0.25, -0.2) is 20.0 Å². The average molecular weight is 938 g/mol. The zero-order valence-corrected chi connectivity index (χ0v) is 42.3. The molecular formula is C52H88N7O6P. The molecule has 6 rings (SSSR count). The van der Waals surface area contributed by atoms with Crippen molar-refractivity contribution in [3.63, 3.8) is 0 Å². The van der Waals surface area contributed by atoms with Crippen LogP contribution in [0.25, 0.3) is 11.2 Å². The van der Waals surface area contributed by atoms with Gasteiger partial charge < -0.3 is 30.0 Å². The molecule has 4 aliphatic rings. The summed E-state index contributed by atoms with van der Waals surface area (Å²) in [5, 5.41) is 5.61. The number of ether oxygens (including phenoxy) is 2. The number of allylic oxidation sites excluding steroid dienone is 2. The number of nitrogens with one attached hydrogen (secondary N) is 2. The molecule has 0 saturated heterocycles. The van der Waals surface area contributed by atoms with Crippen molar-refractivity contribution in [2.75, 3.05) is 31.8 Å². The Hall–Kier alpha value is -2.86. The predicted octanol–water partition coefficient (Wildman–Crippen LogP) is 11.3. The Kier molecular flexibility index (Phi) is 20.4. The topological polar surface area (TPSA) is 184 Å². The first-order valence-electron chi connectivity index (χ1n) is 26.5. The van der Waals surface area contributed by atoms with Gasteiger partial charge in [-0.2, -0.15) is 0 Å². The maximum absolute atomic E-state index is 12.9. The van der Waals surface area contributed by atoms with Crippen LogP contribution in [0.15, 0.2) is 24.8 Å². The normalized spacial score (nSPS) is 28.7. The SMILES string of the molecule is CCCCCCCC/C=C\CCCCCCCC(=O)O[C@H]1CC[C@@]2(C)C(CCC3C4CCC(C(C)CCC(=O)NCCNP(=O)(O)COCCn5cnc6c(N)ncnc65)[C@@]4(C)CCC32)C1. The van der Waals surface area contributed by atoms with E-state index in [1.807, 2.05) is 0 Å². The maximum atomic E-state index is 12.9. The van der Waals surface area contributed by atoms with Gasteiger partial charge in [0.2, 0.25) is 5.91 Å². The van der Waals surface area contributed by atoms with Crippen LogP contribution in [0.5, 0.6) is 0 Å². The number of aromatic nitrogens is 4. The molecule has 66 heavy (non-hydrogen) atoms. The number of imidazole rings is 1. The molecule has 2 aromatic rings. The van der Waals surface area contributed by atoms with Gasteiger partial charge in [0.1, 0.15) is 24.3 Å². The molecule has 7 unspecified atom stereocenters. The van der Waals surface area contributed by atoms with Crippen LogP contribution in [-0.2, 0) is 30.2 Å². The van der Waals surface area contributed by atoms with Crippen molar-refractivity contribution >= 4 is 36.4 Å². The highest BCUT2D eigenvalue weighted by atomic mass is 31.2. The number of amides is 1. The number of hydrogen-bond acceptors (Lipinski definition) is 9. The lowest BCUT2D eigenvalue weighted by molar-refractivity contribution is -0.162. The minimum absolute atomic E-state index is 0.0105. The van der Waals surface area contributed by atoms with Gasteiger partial charge in [-0.15, -0.1) is 0 Å². The van der Waals surface area contributed by atoms with Gasteiger partial charge in [0, 0.05) is 32.5 Å². The van der Waals surface area contributed by atoms with E-state index in [0.29, 0.717) is 65.0 Å². The van der Waals surface area contributed by atoms with E-state index in [-0.39, 0.29) is 44.0 Å². The summed E-state index contributed by atoms with van der Waals surface area (Å²) in [6, 6.07) is 0. The standard InChI is InChI=1S/C52H88N7O6P/c1-5-6-7-8-9-10-11-12-13-14-15-16-17-18-19-20-47(61)65-41-27-29-51(3)40(35-41)22-23-42-44-25-24-43(52(44,4)30-28-45(42)51)39(2)21-26-46(60)54-31-32-58-66(62,63)38-64-34-33-59-37-57-48-49(53)55-36-56-50(48)59/h12-13,36-37,39-45H,5-11,14-35,38H2,1-4H3,(H,54,60)(H2,53,55,56)(H2,58,62,63)/b13-12-/t39?,40?,41-,42?,43?,44?,45?,51-,52+/m0/s1. The van der Waals surface area contributed by atoms with Crippen LogP contribution in [0.2, 0.25) is 0 Å². The van der Waals surface area contributed by atoms with Gasteiger partial charge in [-0.3, -0.25) is 14.2 Å². The van der Waals surface area contributed by atoms with Gasteiger partial charge in [0.05, 0.1) is 12.9 Å².